The molecule has 1 atom stereocenters. The topological polar surface area (TPSA) is 88.3 Å². The van der Waals surface area contributed by atoms with Gasteiger partial charge < -0.3 is 20.1 Å². The van der Waals surface area contributed by atoms with Crippen molar-refractivity contribution in [3.8, 4) is 5.75 Å². The van der Waals surface area contributed by atoms with Gasteiger partial charge in [0, 0.05) is 27.2 Å². The Hall–Kier alpha value is -2.87. The number of aromatic hydroxyl groups is 1. The van der Waals surface area contributed by atoms with Crippen LogP contribution in [-0.2, 0) is 11.3 Å². The minimum Gasteiger partial charge on any atom is -0.508 e. The second kappa shape index (κ2) is 7.40. The van der Waals surface area contributed by atoms with E-state index in [0.29, 0.717) is 18.3 Å². The highest BCUT2D eigenvalue weighted by molar-refractivity contribution is 5.84. The maximum atomic E-state index is 9.44. The molecule has 3 aromatic rings. The molecule has 1 aliphatic rings. The van der Waals surface area contributed by atoms with Gasteiger partial charge in [-0.3, -0.25) is 4.57 Å². The first kappa shape index (κ1) is 17.5. The first-order valence-corrected chi connectivity index (χ1v) is 9.17. The molecule has 0 bridgehead atoms. The molecule has 1 saturated heterocycles. The molecule has 3 heterocycles. The third-order valence-corrected chi connectivity index (χ3v) is 4.67. The number of benzene rings is 1. The number of hydrogen-bond donors (Lipinski definition) is 2. The summed E-state index contributed by atoms with van der Waals surface area (Å²) in [5, 5.41) is 12.8. The van der Waals surface area contributed by atoms with Gasteiger partial charge in [-0.05, 0) is 37.0 Å². The van der Waals surface area contributed by atoms with Crippen molar-refractivity contribution in [3.05, 3.63) is 36.2 Å². The first-order chi connectivity index (χ1) is 13.1. The zero-order chi connectivity index (χ0) is 18.8. The predicted molar refractivity (Wildman–Crippen MR) is 104 cm³/mol. The summed E-state index contributed by atoms with van der Waals surface area (Å²) in [5.74, 6) is 1.56. The summed E-state index contributed by atoms with van der Waals surface area (Å²) in [6, 6.07) is 7.10. The number of phenols is 1. The summed E-state index contributed by atoms with van der Waals surface area (Å²) >= 11 is 0. The molecule has 1 fully saturated rings. The zero-order valence-electron chi connectivity index (χ0n) is 15.6. The van der Waals surface area contributed by atoms with Crippen molar-refractivity contribution in [2.24, 2.45) is 0 Å². The van der Waals surface area contributed by atoms with Gasteiger partial charge >= 0.3 is 0 Å². The van der Waals surface area contributed by atoms with Gasteiger partial charge in [0.1, 0.15) is 12.0 Å². The Morgan fingerprint density at radius 3 is 2.74 bits per heavy atom. The molecule has 0 spiro atoms. The molecule has 8 nitrogen and oxygen atoms in total. The summed E-state index contributed by atoms with van der Waals surface area (Å²) < 4.78 is 7.92. The van der Waals surface area contributed by atoms with Crippen molar-refractivity contribution < 1.29 is 9.84 Å². The molecule has 8 heteroatoms. The standard InChI is InChI=1S/C19H24N6O2/c1-24(2)19-22-17(20-11-13-6-8-14(26)9-7-13)16-18(23-19)25(12-21-16)15-5-3-4-10-27-15/h6-9,12,15,26H,3-5,10-11H2,1-2H3,(H,20,22,23). The molecule has 142 valence electrons. The van der Waals surface area contributed by atoms with Crippen LogP contribution in [0, 0.1) is 0 Å². The predicted octanol–water partition coefficient (Wildman–Crippen LogP) is 2.91. The van der Waals surface area contributed by atoms with Crippen LogP contribution < -0.4 is 10.2 Å². The van der Waals surface area contributed by atoms with Crippen LogP contribution in [0.25, 0.3) is 11.2 Å². The van der Waals surface area contributed by atoms with Crippen LogP contribution >= 0.6 is 0 Å². The van der Waals surface area contributed by atoms with E-state index in [0.717, 1.165) is 42.6 Å². The lowest BCUT2D eigenvalue weighted by molar-refractivity contribution is -0.0298. The highest BCUT2D eigenvalue weighted by Crippen LogP contribution is 2.29. The Bertz CT molecular complexity index is 916. The molecular weight excluding hydrogens is 344 g/mol. The van der Waals surface area contributed by atoms with Gasteiger partial charge in [-0.15, -0.1) is 0 Å². The molecule has 27 heavy (non-hydrogen) atoms. The number of imidazole rings is 1. The van der Waals surface area contributed by atoms with Crippen molar-refractivity contribution in [1.29, 1.82) is 0 Å². The van der Waals surface area contributed by atoms with Crippen LogP contribution in [-0.4, -0.2) is 45.3 Å². The molecule has 0 saturated carbocycles. The number of nitrogens with one attached hydrogen (secondary N) is 1. The minimum absolute atomic E-state index is 0.0291. The van der Waals surface area contributed by atoms with Crippen molar-refractivity contribution in [3.63, 3.8) is 0 Å². The van der Waals surface area contributed by atoms with E-state index >= 15 is 0 Å². The number of phenolic OH excluding ortho intramolecular Hbond substituents is 1. The van der Waals surface area contributed by atoms with Gasteiger partial charge in [0.15, 0.2) is 17.0 Å². The van der Waals surface area contributed by atoms with E-state index in [9.17, 15) is 5.11 Å². The van der Waals surface area contributed by atoms with Gasteiger partial charge in [-0.2, -0.15) is 9.97 Å². The monoisotopic (exact) mass is 368 g/mol. The minimum atomic E-state index is -0.0291. The summed E-state index contributed by atoms with van der Waals surface area (Å²) in [6.45, 7) is 1.34. The maximum absolute atomic E-state index is 9.44. The Morgan fingerprint density at radius 2 is 2.04 bits per heavy atom. The SMILES string of the molecule is CN(C)c1nc(NCc2ccc(O)cc2)c2ncn(C3CCCCO3)c2n1. The largest absolute Gasteiger partial charge is 0.508 e. The lowest BCUT2D eigenvalue weighted by atomic mass is 10.2. The lowest BCUT2D eigenvalue weighted by Crippen LogP contribution is -2.19. The summed E-state index contributed by atoms with van der Waals surface area (Å²) in [5.41, 5.74) is 2.54. The third kappa shape index (κ3) is 3.66. The zero-order valence-corrected chi connectivity index (χ0v) is 15.6. The Kier molecular flexibility index (Phi) is 4.81. The van der Waals surface area contributed by atoms with Gasteiger partial charge in [0.25, 0.3) is 0 Å². The van der Waals surface area contributed by atoms with Gasteiger partial charge in [0.05, 0.1) is 6.33 Å². The van der Waals surface area contributed by atoms with Crippen LogP contribution in [0.4, 0.5) is 11.8 Å². The fourth-order valence-electron chi connectivity index (χ4n) is 3.18. The Balaban J connectivity index is 1.68. The number of ether oxygens (including phenoxy) is 1. The molecule has 1 unspecified atom stereocenters. The van der Waals surface area contributed by atoms with Crippen LogP contribution in [0.2, 0.25) is 0 Å². The second-order valence-electron chi connectivity index (χ2n) is 6.93. The number of nitrogens with zero attached hydrogens (tertiary/aromatic N) is 5. The van der Waals surface area contributed by atoms with Gasteiger partial charge in [-0.25, -0.2) is 4.98 Å². The second-order valence-corrected chi connectivity index (χ2v) is 6.93. The molecule has 0 aliphatic carbocycles. The normalized spacial score (nSPS) is 17.2. The summed E-state index contributed by atoms with van der Waals surface area (Å²) in [7, 11) is 3.84. The number of rotatable bonds is 5. The average molecular weight is 368 g/mol. The molecule has 4 rings (SSSR count). The molecule has 0 radical (unpaired) electrons. The van der Waals surface area contributed by atoms with Gasteiger partial charge in [-0.1, -0.05) is 12.1 Å². The van der Waals surface area contributed by atoms with Crippen LogP contribution in [0.3, 0.4) is 0 Å². The molecule has 1 aliphatic heterocycles. The molecule has 2 N–H and O–H groups in total. The molecule has 2 aromatic heterocycles. The van der Waals surface area contributed by atoms with E-state index in [4.69, 9.17) is 9.72 Å². The van der Waals surface area contributed by atoms with Crippen LogP contribution in [0.15, 0.2) is 30.6 Å². The first-order valence-electron chi connectivity index (χ1n) is 9.17. The van der Waals surface area contributed by atoms with Crippen molar-refractivity contribution >= 4 is 22.9 Å². The molecular formula is C19H24N6O2. The van der Waals surface area contributed by atoms with E-state index in [1.54, 1.807) is 18.5 Å². The number of anilines is 2. The van der Waals surface area contributed by atoms with Gasteiger partial charge in [0.2, 0.25) is 5.95 Å². The highest BCUT2D eigenvalue weighted by atomic mass is 16.5. The quantitative estimate of drug-likeness (QED) is 0.716. The third-order valence-electron chi connectivity index (χ3n) is 4.67. The number of hydrogen-bond acceptors (Lipinski definition) is 7. The fourth-order valence-corrected chi connectivity index (χ4v) is 3.18. The Morgan fingerprint density at radius 1 is 1.22 bits per heavy atom. The fraction of sp³-hybridized carbons (Fsp3) is 0.421. The van der Waals surface area contributed by atoms with Crippen molar-refractivity contribution in [2.75, 3.05) is 30.9 Å². The number of fused-ring (bicyclic) bond motifs is 1. The summed E-state index contributed by atoms with van der Waals surface area (Å²) in [4.78, 5) is 15.8. The van der Waals surface area contributed by atoms with Crippen LogP contribution in [0.1, 0.15) is 31.1 Å². The lowest BCUT2D eigenvalue weighted by Gasteiger charge is -2.24. The van der Waals surface area contributed by atoms with Crippen molar-refractivity contribution in [2.45, 2.75) is 32.0 Å². The van der Waals surface area contributed by atoms with E-state index in [-0.39, 0.29) is 12.0 Å². The molecule has 1 aromatic carbocycles. The number of aromatic nitrogens is 4. The Labute approximate surface area is 157 Å². The van der Waals surface area contributed by atoms with E-state index in [2.05, 4.69) is 15.3 Å². The molecule has 0 amide bonds. The van der Waals surface area contributed by atoms with Crippen LogP contribution in [0.5, 0.6) is 5.75 Å². The average Bonchev–Trinajstić information content (AvgIpc) is 3.12. The van der Waals surface area contributed by atoms with E-state index in [1.807, 2.05) is 35.7 Å². The van der Waals surface area contributed by atoms with E-state index < -0.39 is 0 Å². The van der Waals surface area contributed by atoms with Crippen molar-refractivity contribution in [1.82, 2.24) is 19.5 Å². The highest BCUT2D eigenvalue weighted by Gasteiger charge is 2.21. The maximum Gasteiger partial charge on any atom is 0.228 e. The smallest absolute Gasteiger partial charge is 0.228 e. The summed E-state index contributed by atoms with van der Waals surface area (Å²) in [6.07, 6.45) is 4.96. The van der Waals surface area contributed by atoms with E-state index in [1.165, 1.54) is 0 Å².